The van der Waals surface area contributed by atoms with Crippen molar-refractivity contribution in [1.29, 1.82) is 0 Å². The number of anilines is 1. The fraction of sp³-hybridized carbons (Fsp3) is 0.235. The lowest BCUT2D eigenvalue weighted by Crippen LogP contribution is -2.17. The number of aromatic nitrogens is 1. The third-order valence-electron chi connectivity index (χ3n) is 3.80. The van der Waals surface area contributed by atoms with Gasteiger partial charge in [0.2, 0.25) is 0 Å². The van der Waals surface area contributed by atoms with Crippen LogP contribution in [0.15, 0.2) is 34.7 Å². The Bertz CT molecular complexity index is 930. The van der Waals surface area contributed by atoms with Crippen molar-refractivity contribution in [3.63, 3.8) is 0 Å². The summed E-state index contributed by atoms with van der Waals surface area (Å²) in [6, 6.07) is 7.59. The van der Waals surface area contributed by atoms with Crippen LogP contribution in [0.4, 0.5) is 10.4 Å². The SMILES string of the molecule is OC(CNc1nc2cc(F)ccc2o1)c1cc(Cl)c2c(c1)OCCO2. The van der Waals surface area contributed by atoms with Crippen LogP contribution in [0.3, 0.4) is 0 Å². The Hall–Kier alpha value is -2.51. The van der Waals surface area contributed by atoms with Gasteiger partial charge < -0.3 is 24.3 Å². The monoisotopic (exact) mass is 364 g/mol. The number of ether oxygens (including phenoxy) is 2. The van der Waals surface area contributed by atoms with E-state index in [4.69, 9.17) is 25.5 Å². The van der Waals surface area contributed by atoms with Crippen molar-refractivity contribution in [1.82, 2.24) is 4.98 Å². The molecule has 6 nitrogen and oxygen atoms in total. The van der Waals surface area contributed by atoms with E-state index in [9.17, 15) is 9.50 Å². The van der Waals surface area contributed by atoms with Crippen molar-refractivity contribution in [2.75, 3.05) is 25.1 Å². The molecular formula is C17H14ClFN2O4. The Morgan fingerprint density at radius 1 is 1.24 bits per heavy atom. The molecule has 130 valence electrons. The molecule has 3 aromatic rings. The zero-order valence-corrected chi connectivity index (χ0v) is 13.7. The topological polar surface area (TPSA) is 76.8 Å². The minimum absolute atomic E-state index is 0.130. The Labute approximate surface area is 147 Å². The lowest BCUT2D eigenvalue weighted by molar-refractivity contribution is 0.167. The van der Waals surface area contributed by atoms with Gasteiger partial charge in [-0.3, -0.25) is 0 Å². The van der Waals surface area contributed by atoms with Crippen LogP contribution in [0.5, 0.6) is 11.5 Å². The summed E-state index contributed by atoms with van der Waals surface area (Å²) >= 11 is 6.17. The summed E-state index contributed by atoms with van der Waals surface area (Å²) in [5, 5.41) is 13.6. The van der Waals surface area contributed by atoms with E-state index < -0.39 is 11.9 Å². The quantitative estimate of drug-likeness (QED) is 0.737. The van der Waals surface area contributed by atoms with E-state index in [0.29, 0.717) is 46.4 Å². The molecule has 1 atom stereocenters. The molecule has 1 unspecified atom stereocenters. The molecule has 1 aliphatic heterocycles. The van der Waals surface area contributed by atoms with Crippen molar-refractivity contribution in [3.8, 4) is 11.5 Å². The summed E-state index contributed by atoms with van der Waals surface area (Å²) < 4.78 is 29.6. The highest BCUT2D eigenvalue weighted by atomic mass is 35.5. The van der Waals surface area contributed by atoms with Crippen LogP contribution in [0.25, 0.3) is 11.1 Å². The van der Waals surface area contributed by atoms with Gasteiger partial charge in [-0.05, 0) is 29.8 Å². The standard InChI is InChI=1S/C17H14ClFN2O4/c18-11-5-9(6-15-16(11)24-4-3-23-15)13(22)8-20-17-21-12-7-10(19)1-2-14(12)25-17/h1-2,5-7,13,22H,3-4,8H2,(H,20,21). The van der Waals surface area contributed by atoms with E-state index in [1.165, 1.54) is 18.2 Å². The summed E-state index contributed by atoms with van der Waals surface area (Å²) in [7, 11) is 0. The first-order chi connectivity index (χ1) is 12.1. The smallest absolute Gasteiger partial charge is 0.295 e. The van der Waals surface area contributed by atoms with Crippen LogP contribution >= 0.6 is 11.6 Å². The number of nitrogens with one attached hydrogen (secondary N) is 1. The average molecular weight is 365 g/mol. The molecule has 2 heterocycles. The largest absolute Gasteiger partial charge is 0.486 e. The second kappa shape index (κ2) is 6.42. The minimum atomic E-state index is -0.875. The van der Waals surface area contributed by atoms with E-state index >= 15 is 0 Å². The molecule has 0 radical (unpaired) electrons. The summed E-state index contributed by atoms with van der Waals surface area (Å²) in [6.45, 7) is 1.00. The third-order valence-corrected chi connectivity index (χ3v) is 4.08. The number of hydrogen-bond acceptors (Lipinski definition) is 6. The molecular weight excluding hydrogens is 351 g/mol. The minimum Gasteiger partial charge on any atom is -0.486 e. The number of hydrogen-bond donors (Lipinski definition) is 2. The van der Waals surface area contributed by atoms with Gasteiger partial charge in [0.15, 0.2) is 17.1 Å². The van der Waals surface area contributed by atoms with E-state index in [-0.39, 0.29) is 12.6 Å². The fourth-order valence-corrected chi connectivity index (χ4v) is 2.87. The Balaban J connectivity index is 1.49. The zero-order chi connectivity index (χ0) is 17.4. The van der Waals surface area contributed by atoms with E-state index in [0.717, 1.165) is 0 Å². The molecule has 8 heteroatoms. The Morgan fingerprint density at radius 3 is 2.96 bits per heavy atom. The molecule has 4 rings (SSSR count). The molecule has 0 aliphatic carbocycles. The van der Waals surface area contributed by atoms with Crippen molar-refractivity contribution < 1.29 is 23.4 Å². The highest BCUT2D eigenvalue weighted by Crippen LogP contribution is 2.39. The van der Waals surface area contributed by atoms with E-state index in [1.54, 1.807) is 12.1 Å². The van der Waals surface area contributed by atoms with Gasteiger partial charge in [0, 0.05) is 12.6 Å². The van der Waals surface area contributed by atoms with Crippen molar-refractivity contribution in [2.24, 2.45) is 0 Å². The van der Waals surface area contributed by atoms with E-state index in [1.807, 2.05) is 0 Å². The third kappa shape index (κ3) is 3.20. The number of halogens is 2. The number of benzene rings is 2. The van der Waals surface area contributed by atoms with Crippen molar-refractivity contribution in [3.05, 3.63) is 46.7 Å². The first-order valence-electron chi connectivity index (χ1n) is 7.67. The fourth-order valence-electron chi connectivity index (χ4n) is 2.60. The molecule has 0 fully saturated rings. The van der Waals surface area contributed by atoms with Gasteiger partial charge in [-0.2, -0.15) is 4.98 Å². The van der Waals surface area contributed by atoms with Crippen LogP contribution in [0, 0.1) is 5.82 Å². The Kier molecular flexibility index (Phi) is 4.10. The second-order valence-corrected chi connectivity index (χ2v) is 5.96. The second-order valence-electron chi connectivity index (χ2n) is 5.55. The van der Waals surface area contributed by atoms with Crippen molar-refractivity contribution >= 4 is 28.7 Å². The molecule has 0 saturated carbocycles. The van der Waals surface area contributed by atoms with Gasteiger partial charge >= 0.3 is 0 Å². The molecule has 0 spiro atoms. The highest BCUT2D eigenvalue weighted by Gasteiger charge is 2.20. The van der Waals surface area contributed by atoms with Crippen LogP contribution in [0.1, 0.15) is 11.7 Å². The van der Waals surface area contributed by atoms with Gasteiger partial charge in [-0.15, -0.1) is 0 Å². The van der Waals surface area contributed by atoms with Crippen molar-refractivity contribution in [2.45, 2.75) is 6.10 Å². The number of rotatable bonds is 4. The summed E-state index contributed by atoms with van der Waals surface area (Å²) in [4.78, 5) is 4.13. The molecule has 0 amide bonds. The lowest BCUT2D eigenvalue weighted by atomic mass is 10.1. The molecule has 2 aromatic carbocycles. The first kappa shape index (κ1) is 16.0. The van der Waals surface area contributed by atoms with Crippen LogP contribution < -0.4 is 14.8 Å². The van der Waals surface area contributed by atoms with Gasteiger partial charge in [0.25, 0.3) is 6.01 Å². The van der Waals surface area contributed by atoms with Crippen LogP contribution in [-0.4, -0.2) is 29.8 Å². The Morgan fingerprint density at radius 2 is 2.08 bits per heavy atom. The molecule has 0 saturated heterocycles. The predicted molar refractivity (Wildman–Crippen MR) is 89.9 cm³/mol. The number of aliphatic hydroxyl groups excluding tert-OH is 1. The van der Waals surface area contributed by atoms with Gasteiger partial charge in [0.05, 0.1) is 11.1 Å². The van der Waals surface area contributed by atoms with Crippen LogP contribution in [0.2, 0.25) is 5.02 Å². The lowest BCUT2D eigenvalue weighted by Gasteiger charge is -2.21. The van der Waals surface area contributed by atoms with Gasteiger partial charge in [-0.1, -0.05) is 11.6 Å². The molecule has 2 N–H and O–H groups in total. The first-order valence-corrected chi connectivity index (χ1v) is 8.05. The maximum absolute atomic E-state index is 13.2. The van der Waals surface area contributed by atoms with E-state index in [2.05, 4.69) is 10.3 Å². The molecule has 25 heavy (non-hydrogen) atoms. The maximum atomic E-state index is 13.2. The summed E-state index contributed by atoms with van der Waals surface area (Å²) in [6.07, 6.45) is -0.875. The number of oxazole rings is 1. The maximum Gasteiger partial charge on any atom is 0.295 e. The van der Waals surface area contributed by atoms with Gasteiger partial charge in [-0.25, -0.2) is 4.39 Å². The normalized spacial score (nSPS) is 14.5. The van der Waals surface area contributed by atoms with Crippen LogP contribution in [-0.2, 0) is 0 Å². The summed E-state index contributed by atoms with van der Waals surface area (Å²) in [5.41, 5.74) is 1.43. The number of aliphatic hydroxyl groups is 1. The predicted octanol–water partition coefficient (Wildman–Crippen LogP) is 3.54. The molecule has 1 aromatic heterocycles. The summed E-state index contributed by atoms with van der Waals surface area (Å²) in [5.74, 6) is 0.598. The molecule has 0 bridgehead atoms. The number of fused-ring (bicyclic) bond motifs is 2. The van der Waals surface area contributed by atoms with Gasteiger partial charge in [0.1, 0.15) is 24.5 Å². The molecule has 1 aliphatic rings. The number of nitrogens with zero attached hydrogens (tertiary/aromatic N) is 1. The average Bonchev–Trinajstić information content (AvgIpc) is 3.01. The zero-order valence-electron chi connectivity index (χ0n) is 13.0. The highest BCUT2D eigenvalue weighted by molar-refractivity contribution is 6.32.